The Morgan fingerprint density at radius 1 is 0.943 bits per heavy atom. The lowest BCUT2D eigenvalue weighted by molar-refractivity contribution is -0.144. The van der Waals surface area contributed by atoms with Crippen molar-refractivity contribution in [2.24, 2.45) is 0 Å². The molecule has 0 saturated carbocycles. The molecule has 0 spiro atoms. The van der Waals surface area contributed by atoms with E-state index >= 15 is 0 Å². The normalized spacial score (nSPS) is 13.1. The first-order valence-electron chi connectivity index (χ1n) is 11.6. The van der Waals surface area contributed by atoms with Gasteiger partial charge in [-0.2, -0.15) is 0 Å². The average Bonchev–Trinajstić information content (AvgIpc) is 2.75. The molecule has 0 aromatic heterocycles. The van der Waals surface area contributed by atoms with E-state index in [0.717, 1.165) is 24.1 Å². The van der Waals surface area contributed by atoms with Crippen molar-refractivity contribution in [2.45, 2.75) is 38.8 Å². The van der Waals surface area contributed by atoms with E-state index in [0.29, 0.717) is 18.0 Å². The third kappa shape index (κ3) is 12.1. The van der Waals surface area contributed by atoms with Gasteiger partial charge < -0.3 is 25.5 Å². The van der Waals surface area contributed by atoms with E-state index in [2.05, 4.69) is 12.2 Å². The van der Waals surface area contributed by atoms with Gasteiger partial charge in [-0.3, -0.25) is 24.2 Å². The lowest BCUT2D eigenvalue weighted by atomic mass is 10.0. The van der Waals surface area contributed by atoms with Crippen molar-refractivity contribution >= 4 is 35.1 Å². The Morgan fingerprint density at radius 2 is 1.49 bits per heavy atom. The fraction of sp³-hybridized carbons (Fsp3) is 0.583. The summed E-state index contributed by atoms with van der Waals surface area (Å²) in [5.41, 5.74) is 1.78. The molecule has 4 N–H and O–H groups in total. The van der Waals surface area contributed by atoms with Gasteiger partial charge in [-0.1, -0.05) is 43.4 Å². The van der Waals surface area contributed by atoms with Crippen LogP contribution in [0.1, 0.15) is 31.4 Å². The van der Waals surface area contributed by atoms with Gasteiger partial charge >= 0.3 is 17.9 Å². The molecule has 35 heavy (non-hydrogen) atoms. The summed E-state index contributed by atoms with van der Waals surface area (Å²) in [5.74, 6) is -3.30. The minimum Gasteiger partial charge on any atom is -0.480 e. The summed E-state index contributed by atoms with van der Waals surface area (Å²) in [4.78, 5) is 40.1. The molecular weight excluding hydrogens is 472 g/mol. The van der Waals surface area contributed by atoms with Crippen molar-refractivity contribution in [1.29, 1.82) is 0 Å². The molecule has 1 aromatic rings. The van der Waals surface area contributed by atoms with Crippen LogP contribution in [0.5, 0.6) is 0 Å². The molecular formula is C24H38N4O6S. The first kappa shape index (κ1) is 30.4. The first-order valence-corrected chi connectivity index (χ1v) is 12.0. The minimum absolute atomic E-state index is 0.0219. The molecule has 2 atom stereocenters. The molecule has 0 aliphatic rings. The van der Waals surface area contributed by atoms with E-state index < -0.39 is 37.0 Å². The molecule has 1 rings (SSSR count). The third-order valence-electron chi connectivity index (χ3n) is 5.64. The summed E-state index contributed by atoms with van der Waals surface area (Å²) in [6.07, 6.45) is 1.37. The van der Waals surface area contributed by atoms with Crippen molar-refractivity contribution in [1.82, 2.24) is 20.0 Å². The summed E-state index contributed by atoms with van der Waals surface area (Å²) in [6, 6.07) is 7.21. The van der Waals surface area contributed by atoms with Crippen LogP contribution in [0.4, 0.5) is 0 Å². The quantitative estimate of drug-likeness (QED) is 0.224. The van der Waals surface area contributed by atoms with Gasteiger partial charge in [0, 0.05) is 37.3 Å². The number of thiocarbonyl (C=S) groups is 1. The highest BCUT2D eigenvalue weighted by atomic mass is 32.1. The van der Waals surface area contributed by atoms with E-state index in [9.17, 15) is 29.7 Å². The van der Waals surface area contributed by atoms with E-state index in [4.69, 9.17) is 12.2 Å². The molecule has 11 heteroatoms. The summed E-state index contributed by atoms with van der Waals surface area (Å²) >= 11 is 5.41. The third-order valence-corrected chi connectivity index (χ3v) is 6.02. The maximum Gasteiger partial charge on any atom is 0.317 e. The lowest BCUT2D eigenvalue weighted by Gasteiger charge is -2.36. The van der Waals surface area contributed by atoms with Gasteiger partial charge in [-0.25, -0.2) is 0 Å². The second-order valence-electron chi connectivity index (χ2n) is 8.90. The Hall–Kier alpha value is -2.60. The molecule has 0 radical (unpaired) electrons. The maximum absolute atomic E-state index is 11.7. The predicted molar refractivity (Wildman–Crippen MR) is 138 cm³/mol. The highest BCUT2D eigenvalue weighted by Crippen LogP contribution is 2.15. The van der Waals surface area contributed by atoms with Gasteiger partial charge in [0.1, 0.15) is 4.99 Å². The fourth-order valence-corrected chi connectivity index (χ4v) is 3.84. The molecule has 196 valence electrons. The Bertz CT molecular complexity index is 833. The number of carbonyl (C=O) groups is 3. The molecule has 0 aliphatic heterocycles. The zero-order valence-corrected chi connectivity index (χ0v) is 21.8. The molecule has 0 saturated heterocycles. The number of carboxylic acids is 3. The van der Waals surface area contributed by atoms with Crippen LogP contribution in [0.25, 0.3) is 0 Å². The number of carboxylic acid groups (broad SMARTS) is 3. The summed E-state index contributed by atoms with van der Waals surface area (Å²) < 4.78 is 0. The van der Waals surface area contributed by atoms with Crippen LogP contribution >= 0.6 is 12.2 Å². The van der Waals surface area contributed by atoms with E-state index in [1.807, 2.05) is 50.2 Å². The van der Waals surface area contributed by atoms with Crippen molar-refractivity contribution in [3.8, 4) is 0 Å². The van der Waals surface area contributed by atoms with Gasteiger partial charge in [0.2, 0.25) is 0 Å². The summed E-state index contributed by atoms with van der Waals surface area (Å²) in [5, 5.41) is 31.3. The minimum atomic E-state index is -1.14. The van der Waals surface area contributed by atoms with E-state index in [1.165, 1.54) is 4.90 Å². The number of hydrogen-bond acceptors (Lipinski definition) is 7. The van der Waals surface area contributed by atoms with Crippen LogP contribution in [-0.2, 0) is 20.8 Å². The predicted octanol–water partition coefficient (Wildman–Crippen LogP) is 1.08. The number of likely N-dealkylation sites (N-methyl/N-ethyl adjacent to an activating group) is 1. The first-order chi connectivity index (χ1) is 16.4. The van der Waals surface area contributed by atoms with Crippen LogP contribution in [0, 0.1) is 0 Å². The number of rotatable bonds is 17. The van der Waals surface area contributed by atoms with Crippen LogP contribution in [0.3, 0.4) is 0 Å². The monoisotopic (exact) mass is 510 g/mol. The maximum atomic E-state index is 11.7. The van der Waals surface area contributed by atoms with Gasteiger partial charge in [0.25, 0.3) is 0 Å². The molecule has 0 heterocycles. The van der Waals surface area contributed by atoms with Crippen molar-refractivity contribution < 1.29 is 29.7 Å². The Balaban J connectivity index is 3.24. The van der Waals surface area contributed by atoms with Crippen molar-refractivity contribution in [2.75, 3.05) is 53.4 Å². The second-order valence-corrected chi connectivity index (χ2v) is 9.31. The van der Waals surface area contributed by atoms with Gasteiger partial charge in [-0.05, 0) is 39.4 Å². The van der Waals surface area contributed by atoms with Gasteiger partial charge in [0.15, 0.2) is 0 Å². The van der Waals surface area contributed by atoms with Crippen molar-refractivity contribution in [3.05, 3.63) is 35.4 Å². The Labute approximate surface area is 212 Å². The van der Waals surface area contributed by atoms with E-state index in [1.54, 1.807) is 4.90 Å². The molecule has 10 nitrogen and oxygen atoms in total. The van der Waals surface area contributed by atoms with Crippen LogP contribution < -0.4 is 5.32 Å². The lowest BCUT2D eigenvalue weighted by Crippen LogP contribution is -2.52. The molecule has 0 aliphatic carbocycles. The highest BCUT2D eigenvalue weighted by Gasteiger charge is 2.27. The number of nitrogens with one attached hydrogen (secondary N) is 1. The SMILES string of the molecule is CCCNC(=S)c1ccc(CC(CN(CC(=O)O)CC(=O)O)N(CC(=O)O)CC(C)N(C)C)cc1. The van der Waals surface area contributed by atoms with Crippen LogP contribution in [-0.4, -0.2) is 118 Å². The molecule has 0 amide bonds. The topological polar surface area (TPSA) is 134 Å². The summed E-state index contributed by atoms with van der Waals surface area (Å²) in [6.45, 7) is 4.14. The van der Waals surface area contributed by atoms with Gasteiger partial charge in [-0.15, -0.1) is 0 Å². The fourth-order valence-electron chi connectivity index (χ4n) is 3.60. The highest BCUT2D eigenvalue weighted by molar-refractivity contribution is 7.80. The number of nitrogens with zero attached hydrogens (tertiary/aromatic N) is 3. The Morgan fingerprint density at radius 3 is 1.94 bits per heavy atom. The molecule has 1 aromatic carbocycles. The number of aliphatic carboxylic acids is 3. The van der Waals surface area contributed by atoms with E-state index in [-0.39, 0.29) is 19.1 Å². The zero-order chi connectivity index (χ0) is 26.5. The number of hydrogen-bond donors (Lipinski definition) is 4. The average molecular weight is 511 g/mol. The largest absolute Gasteiger partial charge is 0.480 e. The van der Waals surface area contributed by atoms with Crippen molar-refractivity contribution in [3.63, 3.8) is 0 Å². The molecule has 0 fully saturated rings. The van der Waals surface area contributed by atoms with Gasteiger partial charge in [0.05, 0.1) is 19.6 Å². The summed E-state index contributed by atoms with van der Waals surface area (Å²) in [7, 11) is 3.79. The molecule has 0 bridgehead atoms. The Kier molecular flexibility index (Phi) is 13.4. The van der Waals surface area contributed by atoms with Crippen LogP contribution in [0.15, 0.2) is 24.3 Å². The number of benzene rings is 1. The second kappa shape index (κ2) is 15.4. The molecule has 2 unspecified atom stereocenters. The standard InChI is InChI=1S/C24H38N4O6S/c1-5-10-25-24(35)19-8-6-18(7-9-19)11-20(13-27(14-21(29)30)15-22(31)32)28(16-23(33)34)12-17(2)26(3)4/h6-9,17,20H,5,10-16H2,1-4H3,(H,25,35)(H,29,30)(H,31,32)(H,33,34). The zero-order valence-electron chi connectivity index (χ0n) is 20.9. The van der Waals surface area contributed by atoms with Crippen LogP contribution in [0.2, 0.25) is 0 Å². The smallest absolute Gasteiger partial charge is 0.317 e.